The van der Waals surface area contributed by atoms with Gasteiger partial charge in [-0.15, -0.1) is 5.23 Å². The molecule has 0 radical (unpaired) electrons. The van der Waals surface area contributed by atoms with Crippen LogP contribution in [-0.4, -0.2) is 16.1 Å². The van der Waals surface area contributed by atoms with E-state index >= 15 is 0 Å². The molecule has 0 spiro atoms. The van der Waals surface area contributed by atoms with E-state index in [4.69, 9.17) is 0 Å². The molecule has 3 N–H and O–H groups in total. The van der Waals surface area contributed by atoms with Gasteiger partial charge >= 0.3 is 0 Å². The first-order valence-electron chi connectivity index (χ1n) is 8.14. The van der Waals surface area contributed by atoms with Gasteiger partial charge in [0.1, 0.15) is 5.69 Å². The van der Waals surface area contributed by atoms with E-state index in [9.17, 15) is 20.8 Å². The van der Waals surface area contributed by atoms with Crippen LogP contribution in [0.1, 0.15) is 39.0 Å². The number of nitrogens with one attached hydrogen (secondary N) is 1. The Morgan fingerprint density at radius 2 is 1.92 bits per heavy atom. The second kappa shape index (κ2) is 7.24. The maximum absolute atomic E-state index is 10.8. The number of hydrazone groups is 1. The third-order valence-electron chi connectivity index (χ3n) is 4.60. The molecule has 8 heteroatoms. The topological polar surface area (TPSA) is 117 Å². The molecule has 2 aliphatic rings. The number of fused-ring (bicyclic) bond motifs is 1. The minimum Gasteiger partial charge on any atom is -0.769 e. The maximum Gasteiger partial charge on any atom is 0.121 e. The Morgan fingerprint density at radius 3 is 2.64 bits per heavy atom. The van der Waals surface area contributed by atoms with Crippen LogP contribution >= 0.6 is 0 Å². The molecular weight excluding hydrogens is 324 g/mol. The molecule has 0 unspecified atom stereocenters. The fraction of sp³-hybridized carbons (Fsp3) is 0.353. The van der Waals surface area contributed by atoms with Crippen LogP contribution in [0.5, 0.6) is 0 Å². The van der Waals surface area contributed by atoms with Crippen molar-refractivity contribution in [2.75, 3.05) is 15.9 Å². The normalized spacial score (nSPS) is 18.8. The fourth-order valence-corrected chi connectivity index (χ4v) is 3.27. The standard InChI is InChI=1S/C17H20N4O4/c1-11-5-6-13(9-12-3-2-4-15(11)12)18-19-16-8-7-14(20(22)23)10-17(16)21(24)25/h7-10,19,24-25H,2-6H2,1H3/q-2/b18-13+. The summed E-state index contributed by atoms with van der Waals surface area (Å²) in [4.78, 5) is 0. The van der Waals surface area contributed by atoms with Gasteiger partial charge in [0.05, 0.1) is 11.4 Å². The minimum atomic E-state index is -0.603. The van der Waals surface area contributed by atoms with E-state index < -0.39 is 5.23 Å². The molecule has 0 atom stereocenters. The molecule has 8 nitrogen and oxygen atoms in total. The van der Waals surface area contributed by atoms with E-state index in [1.807, 2.05) is 0 Å². The summed E-state index contributed by atoms with van der Waals surface area (Å²) in [7, 11) is 0. The van der Waals surface area contributed by atoms with Gasteiger partial charge in [-0.2, -0.15) is 5.10 Å². The summed E-state index contributed by atoms with van der Waals surface area (Å²) < 4.78 is 0. The molecular formula is C17H20N4O4-2. The molecule has 1 aromatic carbocycles. The van der Waals surface area contributed by atoms with Crippen LogP contribution in [0.2, 0.25) is 0 Å². The molecule has 0 aliphatic heterocycles. The lowest BCUT2D eigenvalue weighted by Gasteiger charge is -2.37. The van der Waals surface area contributed by atoms with Gasteiger partial charge in [0.2, 0.25) is 0 Å². The number of hydrogen-bond acceptors (Lipinski definition) is 8. The Bertz CT molecular complexity index is 753. The molecule has 134 valence electrons. The Labute approximate surface area is 145 Å². The molecule has 0 saturated heterocycles. The van der Waals surface area contributed by atoms with Crippen LogP contribution in [0.15, 0.2) is 46.1 Å². The highest BCUT2D eigenvalue weighted by atomic mass is 16.8. The van der Waals surface area contributed by atoms with Gasteiger partial charge in [0, 0.05) is 5.69 Å². The summed E-state index contributed by atoms with van der Waals surface area (Å²) in [6.07, 6.45) is 7.15. The van der Waals surface area contributed by atoms with E-state index in [1.165, 1.54) is 28.9 Å². The number of anilines is 3. The third-order valence-corrected chi connectivity index (χ3v) is 4.60. The molecule has 0 amide bonds. The Morgan fingerprint density at radius 1 is 1.12 bits per heavy atom. The zero-order chi connectivity index (χ0) is 18.0. The highest BCUT2D eigenvalue weighted by Gasteiger charge is 2.19. The maximum atomic E-state index is 10.8. The van der Waals surface area contributed by atoms with Crippen LogP contribution in [0.25, 0.3) is 0 Å². The predicted octanol–water partition coefficient (Wildman–Crippen LogP) is 4.06. The summed E-state index contributed by atoms with van der Waals surface area (Å²) in [6.45, 7) is 2.16. The number of benzene rings is 1. The number of allylic oxidation sites excluding steroid dienone is 4. The molecule has 3 rings (SSSR count). The second-order valence-corrected chi connectivity index (χ2v) is 6.24. The Balaban J connectivity index is 1.84. The van der Waals surface area contributed by atoms with E-state index in [2.05, 4.69) is 23.5 Å². The van der Waals surface area contributed by atoms with Crippen molar-refractivity contribution >= 4 is 22.8 Å². The van der Waals surface area contributed by atoms with Crippen molar-refractivity contribution in [1.82, 2.24) is 0 Å². The highest BCUT2D eigenvalue weighted by molar-refractivity contribution is 5.97. The average molecular weight is 344 g/mol. The van der Waals surface area contributed by atoms with Crippen LogP contribution in [0.3, 0.4) is 0 Å². The zero-order valence-corrected chi connectivity index (χ0v) is 13.9. The molecule has 1 aromatic rings. The summed E-state index contributed by atoms with van der Waals surface area (Å²) >= 11 is 0. The fourth-order valence-electron chi connectivity index (χ4n) is 3.27. The zero-order valence-electron chi connectivity index (χ0n) is 13.9. The van der Waals surface area contributed by atoms with Crippen LogP contribution in [0.4, 0.5) is 17.1 Å². The Hall–Kier alpha value is -2.39. The summed E-state index contributed by atoms with van der Waals surface area (Å²) in [5.41, 5.74) is 7.72. The van der Waals surface area contributed by atoms with Crippen molar-refractivity contribution in [3.8, 4) is 0 Å². The quantitative estimate of drug-likeness (QED) is 0.705. The molecule has 2 aliphatic carbocycles. The summed E-state index contributed by atoms with van der Waals surface area (Å²) in [5, 5.41) is 43.9. The monoisotopic (exact) mass is 344 g/mol. The lowest BCUT2D eigenvalue weighted by molar-refractivity contribution is 0.0295. The van der Waals surface area contributed by atoms with Gasteiger partial charge < -0.3 is 15.6 Å². The average Bonchev–Trinajstić information content (AvgIpc) is 2.99. The van der Waals surface area contributed by atoms with Gasteiger partial charge in [-0.05, 0) is 74.4 Å². The van der Waals surface area contributed by atoms with E-state index in [1.54, 1.807) is 0 Å². The SMILES string of the molecule is CC1=C2CCCC2=C/C(=N/Nc2ccc(N([O-])[O-])cc2N(O)O)CC1. The lowest BCUT2D eigenvalue weighted by Crippen LogP contribution is -2.14. The molecule has 0 heterocycles. The number of hydrogen-bond donors (Lipinski definition) is 3. The largest absolute Gasteiger partial charge is 0.769 e. The van der Waals surface area contributed by atoms with E-state index in [0.29, 0.717) is 0 Å². The van der Waals surface area contributed by atoms with Gasteiger partial charge in [-0.1, -0.05) is 5.57 Å². The van der Waals surface area contributed by atoms with Crippen molar-refractivity contribution in [2.24, 2.45) is 5.10 Å². The van der Waals surface area contributed by atoms with Crippen molar-refractivity contribution in [2.45, 2.75) is 39.0 Å². The predicted molar refractivity (Wildman–Crippen MR) is 96.6 cm³/mol. The van der Waals surface area contributed by atoms with Crippen LogP contribution in [-0.2, 0) is 0 Å². The van der Waals surface area contributed by atoms with E-state index in [0.717, 1.165) is 43.9 Å². The Kier molecular flexibility index (Phi) is 5.05. The third kappa shape index (κ3) is 3.83. The summed E-state index contributed by atoms with van der Waals surface area (Å²) in [5.74, 6) is 0. The molecule has 0 bridgehead atoms. The van der Waals surface area contributed by atoms with Crippen LogP contribution in [0, 0.1) is 10.4 Å². The number of nitrogens with zero attached hydrogens (tertiary/aromatic N) is 3. The smallest absolute Gasteiger partial charge is 0.121 e. The molecule has 1 saturated carbocycles. The summed E-state index contributed by atoms with van der Waals surface area (Å²) in [6, 6.07) is 3.74. The second-order valence-electron chi connectivity index (χ2n) is 6.24. The van der Waals surface area contributed by atoms with E-state index in [-0.39, 0.29) is 22.3 Å². The molecule has 1 fully saturated rings. The van der Waals surface area contributed by atoms with Gasteiger partial charge in [-0.25, -0.2) is 0 Å². The highest BCUT2D eigenvalue weighted by Crippen LogP contribution is 2.36. The number of rotatable bonds is 4. The first kappa shape index (κ1) is 17.4. The van der Waals surface area contributed by atoms with Crippen molar-refractivity contribution in [1.29, 1.82) is 0 Å². The van der Waals surface area contributed by atoms with Crippen molar-refractivity contribution in [3.05, 3.63) is 51.4 Å². The minimum absolute atomic E-state index is 0.143. The molecule has 0 aromatic heterocycles. The van der Waals surface area contributed by atoms with Crippen molar-refractivity contribution < 1.29 is 10.4 Å². The van der Waals surface area contributed by atoms with Crippen LogP contribution < -0.4 is 15.9 Å². The lowest BCUT2D eigenvalue weighted by atomic mass is 10.0. The molecule has 25 heavy (non-hydrogen) atoms. The van der Waals surface area contributed by atoms with Gasteiger partial charge in [0.15, 0.2) is 0 Å². The first-order chi connectivity index (χ1) is 12.0. The first-order valence-corrected chi connectivity index (χ1v) is 8.14. The van der Waals surface area contributed by atoms with Gasteiger partial charge in [0.25, 0.3) is 0 Å². The van der Waals surface area contributed by atoms with Crippen molar-refractivity contribution in [3.63, 3.8) is 0 Å². The van der Waals surface area contributed by atoms with Gasteiger partial charge in [-0.3, -0.25) is 15.8 Å².